The van der Waals surface area contributed by atoms with Crippen LogP contribution in [0.25, 0.3) is 0 Å². The molecule has 0 atom stereocenters. The van der Waals surface area contributed by atoms with Crippen LogP contribution in [0, 0.1) is 5.92 Å². The summed E-state index contributed by atoms with van der Waals surface area (Å²) in [7, 11) is 0. The Kier molecular flexibility index (Phi) is 8.58. The van der Waals surface area contributed by atoms with Crippen LogP contribution in [-0.4, -0.2) is 31.5 Å². The maximum absolute atomic E-state index is 11.6. The molecule has 2 N–H and O–H groups in total. The van der Waals surface area contributed by atoms with Crippen LogP contribution in [0.1, 0.15) is 26.7 Å². The lowest BCUT2D eigenvalue weighted by Gasteiger charge is -2.09. The van der Waals surface area contributed by atoms with Crippen LogP contribution in [0.3, 0.4) is 0 Å². The molecule has 0 fully saturated rings. The minimum Gasteiger partial charge on any atom is -0.494 e. The van der Waals surface area contributed by atoms with Crippen molar-refractivity contribution in [3.05, 3.63) is 28.7 Å². The quantitative estimate of drug-likeness (QED) is 0.656. The second-order valence-corrected chi connectivity index (χ2v) is 6.12. The highest BCUT2D eigenvalue weighted by molar-refractivity contribution is 9.10. The molecule has 6 heteroatoms. The average molecular weight is 371 g/mol. The third-order valence-corrected chi connectivity index (χ3v) is 3.38. The van der Waals surface area contributed by atoms with Crippen molar-refractivity contribution in [2.24, 2.45) is 5.92 Å². The van der Waals surface area contributed by atoms with E-state index in [9.17, 15) is 9.59 Å². The maximum atomic E-state index is 11.6. The Morgan fingerprint density at radius 2 is 1.95 bits per heavy atom. The van der Waals surface area contributed by atoms with Gasteiger partial charge in [0, 0.05) is 29.9 Å². The van der Waals surface area contributed by atoms with Gasteiger partial charge in [0.05, 0.1) is 6.61 Å². The monoisotopic (exact) mass is 370 g/mol. The number of ether oxygens (including phenoxy) is 1. The van der Waals surface area contributed by atoms with Gasteiger partial charge in [0.25, 0.3) is 0 Å². The molecule has 0 aliphatic heterocycles. The first kappa shape index (κ1) is 18.5. The van der Waals surface area contributed by atoms with Crippen LogP contribution in [0.2, 0.25) is 0 Å². The first-order valence-electron chi connectivity index (χ1n) is 7.42. The van der Waals surface area contributed by atoms with Crippen molar-refractivity contribution >= 4 is 27.7 Å². The Bertz CT molecular complexity index is 492. The standard InChI is InChI=1S/C16H23BrN2O3/c1-12(2)16(21)19-9-8-18-15(20)7-4-10-22-14-6-3-5-13(17)11-14/h3,5-6,11-12H,4,7-10H2,1-2H3,(H,18,20)(H,19,21). The first-order chi connectivity index (χ1) is 10.5. The minimum atomic E-state index is -0.0362. The third-order valence-electron chi connectivity index (χ3n) is 2.88. The van der Waals surface area contributed by atoms with Gasteiger partial charge in [-0.05, 0) is 24.6 Å². The fourth-order valence-corrected chi connectivity index (χ4v) is 2.04. The fourth-order valence-electron chi connectivity index (χ4n) is 1.66. The molecule has 5 nitrogen and oxygen atoms in total. The van der Waals surface area contributed by atoms with Crippen molar-refractivity contribution in [1.29, 1.82) is 0 Å². The van der Waals surface area contributed by atoms with Gasteiger partial charge in [-0.25, -0.2) is 0 Å². The van der Waals surface area contributed by atoms with E-state index in [1.807, 2.05) is 38.1 Å². The predicted molar refractivity (Wildman–Crippen MR) is 89.7 cm³/mol. The Labute approximate surface area is 139 Å². The molecular formula is C16H23BrN2O3. The number of carbonyl (C=O) groups is 2. The molecule has 1 aromatic carbocycles. The highest BCUT2D eigenvalue weighted by Gasteiger charge is 2.06. The fraction of sp³-hybridized carbons (Fsp3) is 0.500. The molecule has 0 saturated heterocycles. The SMILES string of the molecule is CC(C)C(=O)NCCNC(=O)CCCOc1cccc(Br)c1. The largest absolute Gasteiger partial charge is 0.494 e. The van der Waals surface area contributed by atoms with E-state index >= 15 is 0 Å². The molecule has 0 aliphatic rings. The van der Waals surface area contributed by atoms with Gasteiger partial charge >= 0.3 is 0 Å². The van der Waals surface area contributed by atoms with Gasteiger partial charge in [-0.3, -0.25) is 9.59 Å². The van der Waals surface area contributed by atoms with E-state index in [2.05, 4.69) is 26.6 Å². The minimum absolute atomic E-state index is 0.00308. The molecule has 0 aliphatic carbocycles. The Morgan fingerprint density at radius 3 is 2.64 bits per heavy atom. The van der Waals surface area contributed by atoms with Crippen molar-refractivity contribution in [1.82, 2.24) is 10.6 Å². The predicted octanol–water partition coefficient (Wildman–Crippen LogP) is 2.50. The second kappa shape index (κ2) is 10.2. The summed E-state index contributed by atoms with van der Waals surface area (Å²) >= 11 is 3.37. The molecule has 1 rings (SSSR count). The number of hydrogen-bond acceptors (Lipinski definition) is 3. The Morgan fingerprint density at radius 1 is 1.23 bits per heavy atom. The normalized spacial score (nSPS) is 10.4. The van der Waals surface area contributed by atoms with Gasteiger partial charge in [0.15, 0.2) is 0 Å². The second-order valence-electron chi connectivity index (χ2n) is 5.21. The third kappa shape index (κ3) is 8.02. The number of benzene rings is 1. The molecule has 1 aromatic rings. The number of rotatable bonds is 9. The van der Waals surface area contributed by atoms with E-state index < -0.39 is 0 Å². The van der Waals surface area contributed by atoms with Crippen molar-refractivity contribution < 1.29 is 14.3 Å². The molecule has 0 spiro atoms. The Balaban J connectivity index is 2.05. The van der Waals surface area contributed by atoms with Gasteiger partial charge in [0.1, 0.15) is 5.75 Å². The topological polar surface area (TPSA) is 67.4 Å². The van der Waals surface area contributed by atoms with Gasteiger partial charge in [-0.2, -0.15) is 0 Å². The van der Waals surface area contributed by atoms with E-state index in [1.54, 1.807) is 0 Å². The number of halogens is 1. The molecule has 0 heterocycles. The molecule has 0 unspecified atom stereocenters. The van der Waals surface area contributed by atoms with Crippen molar-refractivity contribution in [2.75, 3.05) is 19.7 Å². The van der Waals surface area contributed by atoms with E-state index in [-0.39, 0.29) is 17.7 Å². The van der Waals surface area contributed by atoms with Crippen molar-refractivity contribution in [3.8, 4) is 5.75 Å². The molecule has 0 saturated carbocycles. The molecule has 0 bridgehead atoms. The lowest BCUT2D eigenvalue weighted by molar-refractivity contribution is -0.124. The van der Waals surface area contributed by atoms with E-state index in [0.29, 0.717) is 32.5 Å². The lowest BCUT2D eigenvalue weighted by atomic mass is 10.2. The highest BCUT2D eigenvalue weighted by Crippen LogP contribution is 2.17. The number of amides is 2. The molecule has 22 heavy (non-hydrogen) atoms. The van der Waals surface area contributed by atoms with Gasteiger partial charge < -0.3 is 15.4 Å². The molecule has 2 amide bonds. The van der Waals surface area contributed by atoms with Gasteiger partial charge in [-0.1, -0.05) is 35.8 Å². The molecule has 0 radical (unpaired) electrons. The average Bonchev–Trinajstić information content (AvgIpc) is 2.48. The summed E-state index contributed by atoms with van der Waals surface area (Å²) < 4.78 is 6.52. The van der Waals surface area contributed by atoms with Crippen LogP contribution in [0.15, 0.2) is 28.7 Å². The van der Waals surface area contributed by atoms with Crippen LogP contribution in [-0.2, 0) is 9.59 Å². The van der Waals surface area contributed by atoms with Crippen LogP contribution < -0.4 is 15.4 Å². The van der Waals surface area contributed by atoms with Gasteiger partial charge in [0.2, 0.25) is 11.8 Å². The highest BCUT2D eigenvalue weighted by atomic mass is 79.9. The lowest BCUT2D eigenvalue weighted by Crippen LogP contribution is -2.36. The zero-order valence-electron chi connectivity index (χ0n) is 13.0. The van der Waals surface area contributed by atoms with E-state index in [4.69, 9.17) is 4.74 Å². The number of nitrogens with one attached hydrogen (secondary N) is 2. The molecule has 122 valence electrons. The van der Waals surface area contributed by atoms with Crippen molar-refractivity contribution in [2.45, 2.75) is 26.7 Å². The van der Waals surface area contributed by atoms with E-state index in [0.717, 1.165) is 10.2 Å². The summed E-state index contributed by atoms with van der Waals surface area (Å²) in [6, 6.07) is 7.59. The summed E-state index contributed by atoms with van der Waals surface area (Å²) in [6.07, 6.45) is 1.06. The summed E-state index contributed by atoms with van der Waals surface area (Å²) in [5.41, 5.74) is 0. The zero-order valence-corrected chi connectivity index (χ0v) is 14.6. The molecular weight excluding hydrogens is 348 g/mol. The summed E-state index contributed by atoms with van der Waals surface area (Å²) in [6.45, 7) is 5.06. The van der Waals surface area contributed by atoms with Crippen molar-refractivity contribution in [3.63, 3.8) is 0 Å². The smallest absolute Gasteiger partial charge is 0.222 e. The van der Waals surface area contributed by atoms with E-state index in [1.165, 1.54) is 0 Å². The summed E-state index contributed by atoms with van der Waals surface area (Å²) in [4.78, 5) is 22.9. The Hall–Kier alpha value is -1.56. The zero-order chi connectivity index (χ0) is 16.4. The number of carbonyl (C=O) groups excluding carboxylic acids is 2. The van der Waals surface area contributed by atoms with Crippen LogP contribution in [0.5, 0.6) is 5.75 Å². The number of hydrogen-bond donors (Lipinski definition) is 2. The van der Waals surface area contributed by atoms with Crippen LogP contribution >= 0.6 is 15.9 Å². The summed E-state index contributed by atoms with van der Waals surface area (Å²) in [5, 5.41) is 5.52. The maximum Gasteiger partial charge on any atom is 0.222 e. The first-order valence-corrected chi connectivity index (χ1v) is 8.21. The molecule has 0 aromatic heterocycles. The van der Waals surface area contributed by atoms with Crippen LogP contribution in [0.4, 0.5) is 0 Å². The summed E-state index contributed by atoms with van der Waals surface area (Å²) in [5.74, 6) is 0.713. The van der Waals surface area contributed by atoms with Gasteiger partial charge in [-0.15, -0.1) is 0 Å².